The summed E-state index contributed by atoms with van der Waals surface area (Å²) in [4.78, 5) is 15.6. The number of anilines is 1. The molecule has 0 radical (unpaired) electrons. The molecule has 0 aliphatic rings. The van der Waals surface area contributed by atoms with Crippen molar-refractivity contribution in [1.82, 2.24) is 4.98 Å². The first kappa shape index (κ1) is 19.6. The van der Waals surface area contributed by atoms with Crippen molar-refractivity contribution in [3.63, 3.8) is 0 Å². The molecule has 4 nitrogen and oxygen atoms in total. The smallest absolute Gasteiger partial charge is 0.422 e. The molecule has 0 aliphatic carbocycles. The van der Waals surface area contributed by atoms with Gasteiger partial charge in [-0.05, 0) is 18.2 Å². The van der Waals surface area contributed by atoms with Gasteiger partial charge in [0.25, 0.3) is 5.91 Å². The quantitative estimate of drug-likeness (QED) is 0.537. The molecule has 0 saturated heterocycles. The minimum absolute atomic E-state index is 0.0902. The number of aromatic nitrogens is 1. The average molecular weight is 418 g/mol. The van der Waals surface area contributed by atoms with Crippen LogP contribution in [0.4, 0.5) is 23.2 Å². The van der Waals surface area contributed by atoms with Crippen LogP contribution < -0.4 is 10.1 Å². The Morgan fingerprint density at radius 1 is 1.16 bits per heavy atom. The van der Waals surface area contributed by atoms with Crippen molar-refractivity contribution in [1.29, 1.82) is 0 Å². The standard InChI is InChI=1S/C14H7Cl3F4N2O2/c15-6-1-2-9(10(3-6)25-5-14(19,20)21)22-13(24)7-4-8(18)12(17)23-11(7)16/h1-4H,5H2,(H,22,24). The molecule has 0 saturated carbocycles. The average Bonchev–Trinajstić information content (AvgIpc) is 2.50. The molecule has 134 valence electrons. The van der Waals surface area contributed by atoms with Gasteiger partial charge >= 0.3 is 6.18 Å². The van der Waals surface area contributed by atoms with Crippen LogP contribution in [0.2, 0.25) is 15.3 Å². The maximum Gasteiger partial charge on any atom is 0.422 e. The number of hydrogen-bond donors (Lipinski definition) is 1. The fraction of sp³-hybridized carbons (Fsp3) is 0.143. The molecule has 1 N–H and O–H groups in total. The van der Waals surface area contributed by atoms with Gasteiger partial charge in [-0.25, -0.2) is 9.37 Å². The summed E-state index contributed by atoms with van der Waals surface area (Å²) in [6.07, 6.45) is -4.59. The maximum atomic E-state index is 13.4. The van der Waals surface area contributed by atoms with Crippen LogP contribution in [0.5, 0.6) is 5.75 Å². The van der Waals surface area contributed by atoms with E-state index >= 15 is 0 Å². The van der Waals surface area contributed by atoms with Crippen LogP contribution in [0.1, 0.15) is 10.4 Å². The number of nitrogens with zero attached hydrogens (tertiary/aromatic N) is 1. The molecule has 2 rings (SSSR count). The number of benzene rings is 1. The number of carbonyl (C=O) groups is 1. The van der Waals surface area contributed by atoms with E-state index in [1.54, 1.807) is 0 Å². The Hall–Kier alpha value is -1.77. The lowest BCUT2D eigenvalue weighted by molar-refractivity contribution is -0.153. The molecule has 25 heavy (non-hydrogen) atoms. The largest absolute Gasteiger partial charge is 0.482 e. The number of halogens is 7. The molecule has 1 heterocycles. The Labute approximate surface area is 153 Å². The van der Waals surface area contributed by atoms with E-state index in [-0.39, 0.29) is 27.2 Å². The van der Waals surface area contributed by atoms with Crippen LogP contribution in [0, 0.1) is 5.82 Å². The molecule has 1 aromatic carbocycles. The van der Waals surface area contributed by atoms with E-state index in [0.717, 1.165) is 12.1 Å². The SMILES string of the molecule is O=C(Nc1ccc(Cl)cc1OCC(F)(F)F)c1cc(F)c(Cl)nc1Cl. The Morgan fingerprint density at radius 2 is 1.84 bits per heavy atom. The molecule has 0 bridgehead atoms. The number of ether oxygens (including phenoxy) is 1. The third kappa shape index (κ3) is 5.35. The molecular formula is C14H7Cl3F4N2O2. The van der Waals surface area contributed by atoms with Crippen LogP contribution in [-0.4, -0.2) is 23.7 Å². The molecule has 0 unspecified atom stereocenters. The monoisotopic (exact) mass is 416 g/mol. The van der Waals surface area contributed by atoms with Crippen LogP contribution in [0.3, 0.4) is 0 Å². The number of rotatable bonds is 4. The highest BCUT2D eigenvalue weighted by Gasteiger charge is 2.29. The van der Waals surface area contributed by atoms with Gasteiger partial charge in [-0.15, -0.1) is 0 Å². The van der Waals surface area contributed by atoms with Crippen LogP contribution in [0.15, 0.2) is 24.3 Å². The number of pyridine rings is 1. The Balaban J connectivity index is 2.27. The number of nitrogens with one attached hydrogen (secondary N) is 1. The van der Waals surface area contributed by atoms with Crippen molar-refractivity contribution in [2.75, 3.05) is 11.9 Å². The lowest BCUT2D eigenvalue weighted by Gasteiger charge is -2.14. The van der Waals surface area contributed by atoms with Crippen LogP contribution in [0.25, 0.3) is 0 Å². The van der Waals surface area contributed by atoms with Crippen molar-refractivity contribution in [2.45, 2.75) is 6.18 Å². The highest BCUT2D eigenvalue weighted by atomic mass is 35.5. The fourth-order valence-corrected chi connectivity index (χ4v) is 2.24. The Bertz CT molecular complexity index is 815. The number of hydrogen-bond acceptors (Lipinski definition) is 3. The lowest BCUT2D eigenvalue weighted by Crippen LogP contribution is -2.20. The summed E-state index contributed by atoms with van der Waals surface area (Å²) in [5, 5.41) is 1.44. The second-order valence-corrected chi connectivity index (χ2v) is 5.75. The Kier molecular flexibility index (Phi) is 5.97. The third-order valence-corrected chi connectivity index (χ3v) is 3.50. The summed E-state index contributed by atoms with van der Waals surface area (Å²) >= 11 is 16.9. The summed E-state index contributed by atoms with van der Waals surface area (Å²) in [6, 6.07) is 4.38. The van der Waals surface area contributed by atoms with E-state index in [0.29, 0.717) is 0 Å². The number of carbonyl (C=O) groups excluding carboxylic acids is 1. The first-order chi connectivity index (χ1) is 11.6. The fourth-order valence-electron chi connectivity index (χ4n) is 1.67. The van der Waals surface area contributed by atoms with Gasteiger partial charge in [0.05, 0.1) is 11.3 Å². The summed E-state index contributed by atoms with van der Waals surface area (Å²) in [7, 11) is 0. The third-order valence-electron chi connectivity index (χ3n) is 2.71. The molecule has 0 aliphatic heterocycles. The van der Waals surface area contributed by atoms with Gasteiger partial charge in [0.2, 0.25) is 0 Å². The van der Waals surface area contributed by atoms with Gasteiger partial charge in [-0.1, -0.05) is 34.8 Å². The summed E-state index contributed by atoms with van der Waals surface area (Å²) < 4.78 is 55.0. The first-order valence-corrected chi connectivity index (χ1v) is 7.52. The van der Waals surface area contributed by atoms with Crippen molar-refractivity contribution >= 4 is 46.4 Å². The summed E-state index contributed by atoms with van der Waals surface area (Å²) in [5.41, 5.74) is -0.481. The predicted octanol–water partition coefficient (Wildman–Crippen LogP) is 5.37. The second-order valence-electron chi connectivity index (χ2n) is 4.60. The zero-order valence-corrected chi connectivity index (χ0v) is 14.2. The van der Waals surface area contributed by atoms with Gasteiger partial charge in [0.1, 0.15) is 10.9 Å². The molecular weight excluding hydrogens is 411 g/mol. The summed E-state index contributed by atoms with van der Waals surface area (Å²) in [6.45, 7) is -1.59. The minimum Gasteiger partial charge on any atom is -0.482 e. The van der Waals surface area contributed by atoms with Crippen molar-refractivity contribution in [2.24, 2.45) is 0 Å². The molecule has 1 aromatic heterocycles. The zero-order chi connectivity index (χ0) is 18.8. The van der Waals surface area contributed by atoms with E-state index < -0.39 is 29.7 Å². The predicted molar refractivity (Wildman–Crippen MR) is 85.2 cm³/mol. The van der Waals surface area contributed by atoms with E-state index in [9.17, 15) is 22.4 Å². The van der Waals surface area contributed by atoms with Crippen LogP contribution in [-0.2, 0) is 0 Å². The molecule has 1 amide bonds. The van der Waals surface area contributed by atoms with E-state index in [1.165, 1.54) is 12.1 Å². The normalized spacial score (nSPS) is 11.3. The Morgan fingerprint density at radius 3 is 2.48 bits per heavy atom. The highest BCUT2D eigenvalue weighted by molar-refractivity contribution is 6.35. The van der Waals surface area contributed by atoms with Gasteiger partial charge in [-0.3, -0.25) is 4.79 Å². The summed E-state index contributed by atoms with van der Waals surface area (Å²) in [5.74, 6) is -2.23. The van der Waals surface area contributed by atoms with Crippen molar-refractivity contribution in [3.05, 3.63) is 51.0 Å². The van der Waals surface area contributed by atoms with Crippen LogP contribution >= 0.6 is 34.8 Å². The van der Waals surface area contributed by atoms with E-state index in [2.05, 4.69) is 15.0 Å². The number of alkyl halides is 3. The lowest BCUT2D eigenvalue weighted by atomic mass is 10.2. The first-order valence-electron chi connectivity index (χ1n) is 6.39. The van der Waals surface area contributed by atoms with Gasteiger partial charge in [0.15, 0.2) is 17.6 Å². The van der Waals surface area contributed by atoms with Gasteiger partial charge in [-0.2, -0.15) is 13.2 Å². The molecule has 0 spiro atoms. The molecule has 2 aromatic rings. The second kappa shape index (κ2) is 7.63. The maximum absolute atomic E-state index is 13.4. The van der Waals surface area contributed by atoms with Gasteiger partial charge < -0.3 is 10.1 Å². The van der Waals surface area contributed by atoms with Gasteiger partial charge in [0, 0.05) is 11.1 Å². The highest BCUT2D eigenvalue weighted by Crippen LogP contribution is 2.31. The molecule has 0 atom stereocenters. The zero-order valence-electron chi connectivity index (χ0n) is 11.9. The van der Waals surface area contributed by atoms with E-state index in [4.69, 9.17) is 34.8 Å². The van der Waals surface area contributed by atoms with E-state index in [1.807, 2.05) is 0 Å². The van der Waals surface area contributed by atoms with Crippen molar-refractivity contribution in [3.8, 4) is 5.75 Å². The minimum atomic E-state index is -4.59. The topological polar surface area (TPSA) is 51.2 Å². The number of amides is 1. The molecule has 0 fully saturated rings. The molecule has 11 heteroatoms. The van der Waals surface area contributed by atoms with Crippen molar-refractivity contribution < 1.29 is 27.1 Å².